The van der Waals surface area contributed by atoms with Crippen molar-refractivity contribution in [3.63, 3.8) is 0 Å². The van der Waals surface area contributed by atoms with Gasteiger partial charge in [0, 0.05) is 24.5 Å². The number of pyridine rings is 1. The molecule has 0 N–H and O–H groups in total. The van der Waals surface area contributed by atoms with Gasteiger partial charge in [-0.15, -0.1) is 0 Å². The quantitative estimate of drug-likeness (QED) is 0.526. The van der Waals surface area contributed by atoms with Crippen LogP contribution in [0.15, 0.2) is 36.9 Å². The number of hydrogen-bond acceptors (Lipinski definition) is 4. The third kappa shape index (κ3) is 1.45. The number of aromatic nitrogens is 3. The maximum atomic E-state index is 10.4. The molecular formula is C8H6N4O2. The molecule has 0 saturated heterocycles. The molecule has 0 fully saturated rings. The van der Waals surface area contributed by atoms with E-state index in [2.05, 4.69) is 9.97 Å². The van der Waals surface area contributed by atoms with Gasteiger partial charge in [0.1, 0.15) is 6.33 Å². The predicted molar refractivity (Wildman–Crippen MR) is 48.0 cm³/mol. The second kappa shape index (κ2) is 3.25. The van der Waals surface area contributed by atoms with Crippen LogP contribution in [-0.2, 0) is 0 Å². The molecule has 6 heteroatoms. The number of hydrogen-bond donors (Lipinski definition) is 0. The molecule has 0 bridgehead atoms. The molecule has 0 aliphatic carbocycles. The van der Waals surface area contributed by atoms with E-state index in [-0.39, 0.29) is 5.82 Å². The smallest absolute Gasteiger partial charge is 0.358 e. The molecule has 0 aliphatic rings. The topological polar surface area (TPSA) is 73.8 Å². The van der Waals surface area contributed by atoms with Crippen LogP contribution in [0.1, 0.15) is 0 Å². The largest absolute Gasteiger partial charge is 0.365 e. The van der Waals surface area contributed by atoms with Gasteiger partial charge < -0.3 is 10.1 Å². The van der Waals surface area contributed by atoms with Crippen molar-refractivity contribution in [1.29, 1.82) is 0 Å². The lowest BCUT2D eigenvalue weighted by Gasteiger charge is -1.95. The Labute approximate surface area is 79.0 Å². The van der Waals surface area contributed by atoms with E-state index < -0.39 is 4.92 Å². The minimum atomic E-state index is -0.527. The monoisotopic (exact) mass is 190 g/mol. The molecule has 2 aromatic rings. The molecule has 2 heterocycles. The molecular weight excluding hydrogens is 184 g/mol. The standard InChI is InChI=1S/C8H6N4O2/c13-12(14)8-3-1-2-7(10-8)11-5-4-9-6-11/h1-6H. The number of imidazole rings is 1. The summed E-state index contributed by atoms with van der Waals surface area (Å²) in [6, 6.07) is 4.61. The van der Waals surface area contributed by atoms with Crippen molar-refractivity contribution >= 4 is 5.82 Å². The molecule has 0 amide bonds. The molecule has 2 rings (SSSR count). The van der Waals surface area contributed by atoms with Gasteiger partial charge in [-0.1, -0.05) is 0 Å². The van der Waals surface area contributed by atoms with Gasteiger partial charge in [-0.05, 0) is 16.0 Å². The molecule has 6 nitrogen and oxygen atoms in total. The Balaban J connectivity index is 2.46. The molecule has 70 valence electrons. The van der Waals surface area contributed by atoms with Gasteiger partial charge in [0.25, 0.3) is 5.82 Å². The summed E-state index contributed by atoms with van der Waals surface area (Å²) in [5.74, 6) is 0.313. The zero-order valence-corrected chi connectivity index (χ0v) is 7.07. The van der Waals surface area contributed by atoms with E-state index >= 15 is 0 Å². The van der Waals surface area contributed by atoms with Gasteiger partial charge in [0.05, 0.1) is 0 Å². The van der Waals surface area contributed by atoms with Gasteiger partial charge >= 0.3 is 5.82 Å². The third-order valence-corrected chi connectivity index (χ3v) is 1.68. The summed E-state index contributed by atoms with van der Waals surface area (Å²) < 4.78 is 1.60. The van der Waals surface area contributed by atoms with E-state index in [1.54, 1.807) is 29.1 Å². The second-order valence-corrected chi connectivity index (χ2v) is 2.58. The zero-order valence-electron chi connectivity index (χ0n) is 7.07. The van der Waals surface area contributed by atoms with Crippen LogP contribution in [0.2, 0.25) is 0 Å². The van der Waals surface area contributed by atoms with Crippen molar-refractivity contribution in [3.8, 4) is 5.82 Å². The first kappa shape index (κ1) is 8.36. The Kier molecular flexibility index (Phi) is 1.94. The predicted octanol–water partition coefficient (Wildman–Crippen LogP) is 1.18. The summed E-state index contributed by atoms with van der Waals surface area (Å²) in [5.41, 5.74) is 0. The molecule has 0 spiro atoms. The third-order valence-electron chi connectivity index (χ3n) is 1.68. The molecule has 0 aromatic carbocycles. The molecule has 0 saturated carbocycles. The van der Waals surface area contributed by atoms with E-state index in [1.807, 2.05) is 0 Å². The summed E-state index contributed by atoms with van der Waals surface area (Å²) in [6.45, 7) is 0. The summed E-state index contributed by atoms with van der Waals surface area (Å²) in [6.07, 6.45) is 4.79. The highest BCUT2D eigenvalue weighted by atomic mass is 16.6. The number of rotatable bonds is 2. The Hall–Kier alpha value is -2.24. The lowest BCUT2D eigenvalue weighted by Crippen LogP contribution is -1.98. The molecule has 0 atom stereocenters. The average Bonchev–Trinajstić information content (AvgIpc) is 2.71. The highest BCUT2D eigenvalue weighted by Gasteiger charge is 2.09. The van der Waals surface area contributed by atoms with Crippen molar-refractivity contribution in [2.45, 2.75) is 0 Å². The lowest BCUT2D eigenvalue weighted by molar-refractivity contribution is -0.389. The first-order valence-electron chi connectivity index (χ1n) is 3.87. The fourth-order valence-corrected chi connectivity index (χ4v) is 1.05. The zero-order chi connectivity index (χ0) is 9.97. The van der Waals surface area contributed by atoms with Gasteiger partial charge in [0.15, 0.2) is 0 Å². The molecule has 2 aromatic heterocycles. The molecule has 0 radical (unpaired) electrons. The second-order valence-electron chi connectivity index (χ2n) is 2.58. The van der Waals surface area contributed by atoms with Gasteiger partial charge in [0.2, 0.25) is 0 Å². The summed E-state index contributed by atoms with van der Waals surface area (Å²) in [7, 11) is 0. The van der Waals surface area contributed by atoms with Crippen LogP contribution >= 0.6 is 0 Å². The first-order valence-corrected chi connectivity index (χ1v) is 3.87. The minimum absolute atomic E-state index is 0.170. The van der Waals surface area contributed by atoms with Crippen LogP contribution in [0.4, 0.5) is 5.82 Å². The molecule has 0 unspecified atom stereocenters. The molecule has 0 aliphatic heterocycles. The summed E-state index contributed by atoms with van der Waals surface area (Å²) >= 11 is 0. The number of nitrogens with zero attached hydrogens (tertiary/aromatic N) is 4. The molecule has 14 heavy (non-hydrogen) atoms. The SMILES string of the molecule is O=[N+]([O-])c1cccc(-n2ccnc2)n1. The van der Waals surface area contributed by atoms with Crippen LogP contribution in [0, 0.1) is 10.1 Å². The van der Waals surface area contributed by atoms with Crippen molar-refractivity contribution in [2.75, 3.05) is 0 Å². The van der Waals surface area contributed by atoms with E-state index in [4.69, 9.17) is 0 Å². The fraction of sp³-hybridized carbons (Fsp3) is 0. The fourth-order valence-electron chi connectivity index (χ4n) is 1.05. The van der Waals surface area contributed by atoms with Crippen molar-refractivity contribution in [1.82, 2.24) is 14.5 Å². The highest BCUT2D eigenvalue weighted by Crippen LogP contribution is 2.10. The van der Waals surface area contributed by atoms with Crippen LogP contribution in [-0.4, -0.2) is 19.5 Å². The lowest BCUT2D eigenvalue weighted by atomic mass is 10.4. The Morgan fingerprint density at radius 3 is 2.93 bits per heavy atom. The highest BCUT2D eigenvalue weighted by molar-refractivity contribution is 5.30. The first-order chi connectivity index (χ1) is 6.77. The van der Waals surface area contributed by atoms with Crippen molar-refractivity contribution in [3.05, 3.63) is 47.0 Å². The maximum absolute atomic E-state index is 10.4. The van der Waals surface area contributed by atoms with E-state index in [1.165, 1.54) is 12.4 Å². The van der Waals surface area contributed by atoms with Crippen molar-refractivity contribution in [2.24, 2.45) is 0 Å². The van der Waals surface area contributed by atoms with Crippen molar-refractivity contribution < 1.29 is 4.92 Å². The summed E-state index contributed by atoms with van der Waals surface area (Å²) in [4.78, 5) is 17.6. The van der Waals surface area contributed by atoms with Gasteiger partial charge in [-0.25, -0.2) is 4.98 Å². The summed E-state index contributed by atoms with van der Waals surface area (Å²) in [5, 5.41) is 10.4. The average molecular weight is 190 g/mol. The van der Waals surface area contributed by atoms with Gasteiger partial charge in [-0.3, -0.25) is 4.57 Å². The van der Waals surface area contributed by atoms with Crippen LogP contribution in [0.3, 0.4) is 0 Å². The normalized spacial score (nSPS) is 10.0. The van der Waals surface area contributed by atoms with Crippen LogP contribution < -0.4 is 0 Å². The Morgan fingerprint density at radius 2 is 2.29 bits per heavy atom. The van der Waals surface area contributed by atoms with Crippen LogP contribution in [0.5, 0.6) is 0 Å². The minimum Gasteiger partial charge on any atom is -0.358 e. The van der Waals surface area contributed by atoms with Gasteiger partial charge in [-0.2, -0.15) is 0 Å². The number of nitro groups is 1. The van der Waals surface area contributed by atoms with E-state index in [0.29, 0.717) is 5.82 Å². The maximum Gasteiger partial charge on any atom is 0.365 e. The Morgan fingerprint density at radius 1 is 1.43 bits per heavy atom. The van der Waals surface area contributed by atoms with Crippen LogP contribution in [0.25, 0.3) is 5.82 Å². The van der Waals surface area contributed by atoms with E-state index in [0.717, 1.165) is 0 Å². The Bertz CT molecular complexity index is 452. The van der Waals surface area contributed by atoms with E-state index in [9.17, 15) is 10.1 Å².